The van der Waals surface area contributed by atoms with E-state index < -0.39 is 0 Å². The molecule has 0 aromatic carbocycles. The molecule has 0 bridgehead atoms. The first kappa shape index (κ1) is 8.25. The highest BCUT2D eigenvalue weighted by molar-refractivity contribution is 14.1. The van der Waals surface area contributed by atoms with Gasteiger partial charge in [0.15, 0.2) is 5.82 Å². The first-order valence-electron chi connectivity index (χ1n) is 2.69. The smallest absolute Gasteiger partial charge is 0.124 e. The summed E-state index contributed by atoms with van der Waals surface area (Å²) in [4.78, 5) is 0. The van der Waals surface area contributed by atoms with Crippen molar-refractivity contribution >= 4 is 35.4 Å². The van der Waals surface area contributed by atoms with Gasteiger partial charge in [-0.25, -0.2) is 0 Å². The highest BCUT2D eigenvalue weighted by Crippen LogP contribution is 2.26. The highest BCUT2D eigenvalue weighted by Gasteiger charge is 2.21. The summed E-state index contributed by atoms with van der Waals surface area (Å²) in [6.45, 7) is 4.02. The van der Waals surface area contributed by atoms with Crippen molar-refractivity contribution in [2.45, 2.75) is 17.3 Å². The van der Waals surface area contributed by atoms with Crippen molar-refractivity contribution in [1.29, 1.82) is 0 Å². The fourth-order valence-corrected chi connectivity index (χ4v) is 0.785. The number of hydrogen-bond acceptors (Lipinski definition) is 4. The van der Waals surface area contributed by atoms with E-state index in [4.69, 9.17) is 0 Å². The largest absolute Gasteiger partial charge is 0.191 e. The minimum atomic E-state index is -0.0707. The SMILES string of the molecule is CC(C)(I)c1nnn(S)n1. The molecule has 1 aromatic heterocycles. The molecule has 0 aliphatic rings. The number of halogens is 1. The van der Waals surface area contributed by atoms with Gasteiger partial charge < -0.3 is 0 Å². The summed E-state index contributed by atoms with van der Waals surface area (Å²) in [5.41, 5.74) is 0. The topological polar surface area (TPSA) is 43.6 Å². The molecule has 0 amide bonds. The number of aromatic nitrogens is 4. The van der Waals surface area contributed by atoms with Crippen molar-refractivity contribution in [3.63, 3.8) is 0 Å². The number of nitrogens with zero attached hydrogens (tertiary/aromatic N) is 4. The molecule has 0 radical (unpaired) electrons. The van der Waals surface area contributed by atoms with Gasteiger partial charge in [0.2, 0.25) is 0 Å². The third-order valence-electron chi connectivity index (χ3n) is 0.935. The van der Waals surface area contributed by atoms with Crippen LogP contribution < -0.4 is 0 Å². The molecule has 0 saturated carbocycles. The van der Waals surface area contributed by atoms with E-state index in [0.717, 1.165) is 4.20 Å². The van der Waals surface area contributed by atoms with E-state index in [1.54, 1.807) is 0 Å². The molecular formula is C4H7IN4S. The van der Waals surface area contributed by atoms with E-state index >= 15 is 0 Å². The van der Waals surface area contributed by atoms with Crippen LogP contribution in [0.3, 0.4) is 0 Å². The van der Waals surface area contributed by atoms with Crippen molar-refractivity contribution in [2.75, 3.05) is 0 Å². The molecule has 4 nitrogen and oxygen atoms in total. The Morgan fingerprint density at radius 1 is 1.60 bits per heavy atom. The summed E-state index contributed by atoms with van der Waals surface area (Å²) in [7, 11) is 0. The molecule has 0 atom stereocenters. The molecule has 1 heterocycles. The average molecular weight is 270 g/mol. The molecule has 0 saturated heterocycles. The van der Waals surface area contributed by atoms with Crippen molar-refractivity contribution in [3.8, 4) is 0 Å². The highest BCUT2D eigenvalue weighted by atomic mass is 127. The van der Waals surface area contributed by atoms with Crippen molar-refractivity contribution < 1.29 is 0 Å². The van der Waals surface area contributed by atoms with Gasteiger partial charge in [-0.2, -0.15) is 0 Å². The molecule has 0 fully saturated rings. The van der Waals surface area contributed by atoms with E-state index in [1.807, 2.05) is 13.8 Å². The molecule has 0 aliphatic heterocycles. The zero-order valence-electron chi connectivity index (χ0n) is 5.61. The lowest BCUT2D eigenvalue weighted by atomic mass is 10.2. The Kier molecular flexibility index (Phi) is 2.18. The van der Waals surface area contributed by atoms with Crippen LogP contribution in [0.25, 0.3) is 0 Å². The summed E-state index contributed by atoms with van der Waals surface area (Å²) < 4.78 is 1.09. The predicted octanol–water partition coefficient (Wildman–Crippen LogP) is 1.04. The van der Waals surface area contributed by atoms with Gasteiger partial charge in [-0.3, -0.25) is 0 Å². The third kappa shape index (κ3) is 1.82. The summed E-state index contributed by atoms with van der Waals surface area (Å²) in [6.07, 6.45) is 0. The number of rotatable bonds is 1. The van der Waals surface area contributed by atoms with Gasteiger partial charge >= 0.3 is 0 Å². The fraction of sp³-hybridized carbons (Fsp3) is 0.750. The van der Waals surface area contributed by atoms with Gasteiger partial charge in [0.1, 0.15) is 0 Å². The number of tetrazole rings is 1. The normalized spacial score (nSPS) is 12.0. The molecular weight excluding hydrogens is 263 g/mol. The van der Waals surface area contributed by atoms with Crippen LogP contribution in [0.2, 0.25) is 0 Å². The molecule has 6 heteroatoms. The van der Waals surface area contributed by atoms with Crippen LogP contribution in [0.4, 0.5) is 0 Å². The molecule has 0 unspecified atom stereocenters. The van der Waals surface area contributed by atoms with Crippen LogP contribution in [0, 0.1) is 0 Å². The van der Waals surface area contributed by atoms with Crippen molar-refractivity contribution in [2.24, 2.45) is 0 Å². The van der Waals surface area contributed by atoms with Crippen molar-refractivity contribution in [3.05, 3.63) is 5.82 Å². The van der Waals surface area contributed by atoms with Gasteiger partial charge in [0, 0.05) is 0 Å². The molecule has 1 aromatic rings. The molecule has 0 spiro atoms. The van der Waals surface area contributed by atoms with Gasteiger partial charge in [-0.05, 0) is 31.9 Å². The van der Waals surface area contributed by atoms with Crippen LogP contribution in [0.15, 0.2) is 0 Å². The number of thiol groups is 1. The van der Waals surface area contributed by atoms with Crippen LogP contribution >= 0.6 is 35.4 Å². The molecule has 0 aliphatic carbocycles. The van der Waals surface area contributed by atoms with Crippen LogP contribution in [0.5, 0.6) is 0 Å². The second kappa shape index (κ2) is 2.65. The standard InChI is InChI=1S/C4H7IN4S/c1-4(2,5)3-6-8-9(10)7-3/h10H,1-2H3. The summed E-state index contributed by atoms with van der Waals surface area (Å²) in [5.74, 6) is 0.697. The zero-order chi connectivity index (χ0) is 7.78. The van der Waals surface area contributed by atoms with Gasteiger partial charge in [-0.15, -0.1) is 14.4 Å². The molecule has 0 N–H and O–H groups in total. The quantitative estimate of drug-likeness (QED) is 0.471. The first-order chi connectivity index (χ1) is 4.50. The predicted molar refractivity (Wildman–Crippen MR) is 49.2 cm³/mol. The number of hydrogen-bond donors (Lipinski definition) is 1. The summed E-state index contributed by atoms with van der Waals surface area (Å²) in [5, 5.41) is 11.3. The molecule has 56 valence electrons. The second-order valence-electron chi connectivity index (χ2n) is 2.35. The lowest BCUT2D eigenvalue weighted by Crippen LogP contribution is -2.09. The van der Waals surface area contributed by atoms with E-state index in [-0.39, 0.29) is 3.42 Å². The summed E-state index contributed by atoms with van der Waals surface area (Å²) in [6, 6.07) is 0. The Morgan fingerprint density at radius 2 is 2.20 bits per heavy atom. The van der Waals surface area contributed by atoms with Crippen LogP contribution in [-0.4, -0.2) is 19.6 Å². The van der Waals surface area contributed by atoms with Gasteiger partial charge in [0.25, 0.3) is 0 Å². The molecule has 1 rings (SSSR count). The van der Waals surface area contributed by atoms with Crippen LogP contribution in [-0.2, 0) is 3.42 Å². The second-order valence-corrected chi connectivity index (χ2v) is 5.41. The average Bonchev–Trinajstić information content (AvgIpc) is 2.11. The Hall–Kier alpha value is 0.150. The first-order valence-corrected chi connectivity index (χ1v) is 4.16. The van der Waals surface area contributed by atoms with Gasteiger partial charge in [0.05, 0.1) is 3.42 Å². The van der Waals surface area contributed by atoms with Crippen molar-refractivity contribution in [1.82, 2.24) is 19.6 Å². The lowest BCUT2D eigenvalue weighted by Gasteiger charge is -2.08. The third-order valence-corrected chi connectivity index (χ3v) is 1.59. The Bertz CT molecular complexity index is 227. The maximum absolute atomic E-state index is 3.93. The van der Waals surface area contributed by atoms with Gasteiger partial charge in [-0.1, -0.05) is 22.6 Å². The van der Waals surface area contributed by atoms with E-state index in [0.29, 0.717) is 5.82 Å². The maximum Gasteiger partial charge on any atom is 0.191 e. The Morgan fingerprint density at radius 3 is 2.40 bits per heavy atom. The van der Waals surface area contributed by atoms with E-state index in [1.165, 1.54) is 0 Å². The Balaban J connectivity index is 2.96. The number of alkyl halides is 1. The maximum atomic E-state index is 3.93. The lowest BCUT2D eigenvalue weighted by molar-refractivity contribution is 0.744. The van der Waals surface area contributed by atoms with E-state index in [2.05, 4.69) is 50.8 Å². The Labute approximate surface area is 78.1 Å². The van der Waals surface area contributed by atoms with Crippen LogP contribution in [0.1, 0.15) is 19.7 Å². The monoisotopic (exact) mass is 270 g/mol. The zero-order valence-corrected chi connectivity index (χ0v) is 8.67. The summed E-state index contributed by atoms with van der Waals surface area (Å²) >= 11 is 6.11. The fourth-order valence-electron chi connectivity index (χ4n) is 0.445. The van der Waals surface area contributed by atoms with E-state index in [9.17, 15) is 0 Å². The minimum absolute atomic E-state index is 0.0707. The molecule has 10 heavy (non-hydrogen) atoms. The minimum Gasteiger partial charge on any atom is -0.124 e.